The molecule has 0 saturated heterocycles. The Labute approximate surface area is 99.1 Å². The van der Waals surface area contributed by atoms with Crippen molar-refractivity contribution in [2.24, 2.45) is 0 Å². The zero-order valence-electron chi connectivity index (χ0n) is 8.40. The maximum absolute atomic E-state index is 12.7. The highest BCUT2D eigenvalue weighted by atomic mass is 32.1. The predicted octanol–water partition coefficient (Wildman–Crippen LogP) is 2.40. The minimum absolute atomic E-state index is 0.0402. The molecule has 0 amide bonds. The summed E-state index contributed by atoms with van der Waals surface area (Å²) in [4.78, 5) is 0. The maximum atomic E-state index is 12.7. The van der Waals surface area contributed by atoms with Crippen LogP contribution in [-0.4, -0.2) is 20.2 Å². The first-order chi connectivity index (χ1) is 7.98. The molecule has 0 aliphatic carbocycles. The van der Waals surface area contributed by atoms with Gasteiger partial charge in [0.15, 0.2) is 0 Å². The maximum Gasteiger partial charge on any atom is 0.416 e. The minimum Gasteiger partial charge on any atom is -0.238 e. The van der Waals surface area contributed by atoms with Crippen molar-refractivity contribution in [3.05, 3.63) is 40.2 Å². The van der Waals surface area contributed by atoms with Crippen LogP contribution in [0.5, 0.6) is 0 Å². The van der Waals surface area contributed by atoms with Gasteiger partial charge in [-0.25, -0.2) is 4.68 Å². The number of tetrazole rings is 1. The summed E-state index contributed by atoms with van der Waals surface area (Å²) in [5, 5.41) is 9.32. The van der Waals surface area contributed by atoms with Crippen molar-refractivity contribution in [2.45, 2.75) is 12.7 Å². The fraction of sp³-hybridized carbons (Fsp3) is 0.222. The standard InChI is InChI=1S/C9H7F3N4S/c10-9(11,12)7-4-2-1-3-6(7)5-16-8(17)13-14-15-16/h1-4H,5H2,(H,13,15,17). The Hall–Kier alpha value is -1.70. The molecule has 1 aromatic heterocycles. The third-order valence-corrected chi connectivity index (χ3v) is 2.49. The van der Waals surface area contributed by atoms with E-state index in [0.29, 0.717) is 0 Å². The van der Waals surface area contributed by atoms with Crippen molar-refractivity contribution in [1.29, 1.82) is 0 Å². The smallest absolute Gasteiger partial charge is 0.238 e. The molecular weight excluding hydrogens is 253 g/mol. The van der Waals surface area contributed by atoms with E-state index in [4.69, 9.17) is 12.2 Å². The number of rotatable bonds is 2. The van der Waals surface area contributed by atoms with Gasteiger partial charge in [0.1, 0.15) is 0 Å². The Balaban J connectivity index is 2.40. The first-order valence-corrected chi connectivity index (χ1v) is 5.02. The molecule has 1 heterocycles. The molecule has 0 spiro atoms. The lowest BCUT2D eigenvalue weighted by Crippen LogP contribution is -2.12. The van der Waals surface area contributed by atoms with Crippen LogP contribution < -0.4 is 0 Å². The lowest BCUT2D eigenvalue weighted by atomic mass is 10.1. The summed E-state index contributed by atoms with van der Waals surface area (Å²) < 4.78 is 39.5. The lowest BCUT2D eigenvalue weighted by Gasteiger charge is -2.12. The second-order valence-corrected chi connectivity index (χ2v) is 3.69. The number of aromatic nitrogens is 4. The Morgan fingerprint density at radius 3 is 2.59 bits per heavy atom. The summed E-state index contributed by atoms with van der Waals surface area (Å²) in [6, 6.07) is 5.31. The molecule has 0 atom stereocenters. The zero-order valence-corrected chi connectivity index (χ0v) is 9.22. The number of benzene rings is 1. The van der Waals surface area contributed by atoms with Crippen LogP contribution in [0.2, 0.25) is 0 Å². The molecule has 17 heavy (non-hydrogen) atoms. The molecule has 0 saturated carbocycles. The predicted molar refractivity (Wildman–Crippen MR) is 55.8 cm³/mol. The normalized spacial score (nSPS) is 11.7. The second kappa shape index (κ2) is 4.28. The Bertz CT molecular complexity index is 572. The van der Waals surface area contributed by atoms with Crippen LogP contribution in [-0.2, 0) is 12.7 Å². The first kappa shape index (κ1) is 11.8. The number of halogens is 3. The molecule has 1 aromatic carbocycles. The quantitative estimate of drug-likeness (QED) is 0.843. The minimum atomic E-state index is -4.38. The van der Waals surface area contributed by atoms with E-state index in [0.717, 1.165) is 6.07 Å². The topological polar surface area (TPSA) is 46.5 Å². The van der Waals surface area contributed by atoms with Gasteiger partial charge in [-0.15, -0.1) is 0 Å². The van der Waals surface area contributed by atoms with Crippen molar-refractivity contribution in [3.8, 4) is 0 Å². The van der Waals surface area contributed by atoms with Crippen molar-refractivity contribution in [3.63, 3.8) is 0 Å². The van der Waals surface area contributed by atoms with Crippen molar-refractivity contribution < 1.29 is 13.2 Å². The molecule has 2 rings (SSSR count). The van der Waals surface area contributed by atoms with E-state index in [1.165, 1.54) is 22.9 Å². The SMILES string of the molecule is FC(F)(F)c1ccccc1Cn1[nH]nnc1=S. The highest BCUT2D eigenvalue weighted by molar-refractivity contribution is 7.71. The third-order valence-electron chi connectivity index (χ3n) is 2.18. The van der Waals surface area contributed by atoms with Crippen LogP contribution in [0.25, 0.3) is 0 Å². The number of H-pyrrole nitrogens is 1. The van der Waals surface area contributed by atoms with Crippen LogP contribution in [0.4, 0.5) is 13.2 Å². The van der Waals surface area contributed by atoms with Gasteiger partial charge < -0.3 is 0 Å². The van der Waals surface area contributed by atoms with Gasteiger partial charge in [0, 0.05) is 0 Å². The Morgan fingerprint density at radius 2 is 2.00 bits per heavy atom. The number of alkyl halides is 3. The Morgan fingerprint density at radius 1 is 1.29 bits per heavy atom. The van der Waals surface area contributed by atoms with E-state index in [1.807, 2.05) is 0 Å². The van der Waals surface area contributed by atoms with E-state index in [2.05, 4.69) is 15.5 Å². The van der Waals surface area contributed by atoms with Gasteiger partial charge in [0.2, 0.25) is 4.77 Å². The van der Waals surface area contributed by atoms with E-state index >= 15 is 0 Å². The number of hydrogen-bond donors (Lipinski definition) is 1. The number of nitrogens with zero attached hydrogens (tertiary/aromatic N) is 3. The molecule has 2 aromatic rings. The first-order valence-electron chi connectivity index (χ1n) is 4.61. The summed E-state index contributed by atoms with van der Waals surface area (Å²) in [6.45, 7) is -0.0402. The molecule has 90 valence electrons. The van der Waals surface area contributed by atoms with Gasteiger partial charge in [-0.2, -0.15) is 18.4 Å². The largest absolute Gasteiger partial charge is 0.416 e. The van der Waals surface area contributed by atoms with E-state index < -0.39 is 11.7 Å². The molecular formula is C9H7F3N4S. The molecule has 4 nitrogen and oxygen atoms in total. The summed E-state index contributed by atoms with van der Waals surface area (Å²) >= 11 is 4.80. The van der Waals surface area contributed by atoms with Crippen LogP contribution in [0.1, 0.15) is 11.1 Å². The molecule has 1 N–H and O–H groups in total. The molecule has 0 aliphatic heterocycles. The number of nitrogens with one attached hydrogen (secondary N) is 1. The molecule has 0 unspecified atom stereocenters. The molecule has 0 bridgehead atoms. The Kier molecular flexibility index (Phi) is 2.97. The zero-order chi connectivity index (χ0) is 12.5. The van der Waals surface area contributed by atoms with Gasteiger partial charge in [-0.05, 0) is 23.8 Å². The summed E-state index contributed by atoms with van der Waals surface area (Å²) in [6.07, 6.45) is -4.38. The molecule has 0 fully saturated rings. The van der Waals surface area contributed by atoms with Gasteiger partial charge in [0.25, 0.3) is 0 Å². The molecule has 0 aliphatic rings. The average Bonchev–Trinajstić information content (AvgIpc) is 2.64. The fourth-order valence-corrected chi connectivity index (χ4v) is 1.57. The highest BCUT2D eigenvalue weighted by Crippen LogP contribution is 2.31. The number of hydrogen-bond acceptors (Lipinski definition) is 3. The lowest BCUT2D eigenvalue weighted by molar-refractivity contribution is -0.138. The van der Waals surface area contributed by atoms with Gasteiger partial charge in [-0.3, -0.25) is 0 Å². The van der Waals surface area contributed by atoms with Gasteiger partial charge in [0.05, 0.1) is 12.1 Å². The van der Waals surface area contributed by atoms with Crippen LogP contribution >= 0.6 is 12.2 Å². The summed E-state index contributed by atoms with van der Waals surface area (Å²) in [5.74, 6) is 0. The molecule has 0 radical (unpaired) electrons. The van der Waals surface area contributed by atoms with Crippen LogP contribution in [0, 0.1) is 4.77 Å². The highest BCUT2D eigenvalue weighted by Gasteiger charge is 2.32. The summed E-state index contributed by atoms with van der Waals surface area (Å²) in [5.41, 5.74) is -0.571. The van der Waals surface area contributed by atoms with Crippen molar-refractivity contribution in [2.75, 3.05) is 0 Å². The average molecular weight is 260 g/mol. The van der Waals surface area contributed by atoms with E-state index in [1.54, 1.807) is 0 Å². The van der Waals surface area contributed by atoms with Crippen molar-refractivity contribution in [1.82, 2.24) is 20.2 Å². The van der Waals surface area contributed by atoms with Crippen LogP contribution in [0.15, 0.2) is 24.3 Å². The molecule has 8 heteroatoms. The van der Waals surface area contributed by atoms with E-state index in [9.17, 15) is 13.2 Å². The van der Waals surface area contributed by atoms with Gasteiger partial charge in [-0.1, -0.05) is 28.5 Å². The number of aromatic amines is 1. The van der Waals surface area contributed by atoms with Gasteiger partial charge >= 0.3 is 6.18 Å². The summed E-state index contributed by atoms with van der Waals surface area (Å²) in [7, 11) is 0. The van der Waals surface area contributed by atoms with Crippen LogP contribution in [0.3, 0.4) is 0 Å². The van der Waals surface area contributed by atoms with Crippen molar-refractivity contribution >= 4 is 12.2 Å². The monoisotopic (exact) mass is 260 g/mol. The fourth-order valence-electron chi connectivity index (χ4n) is 1.42. The van der Waals surface area contributed by atoms with E-state index in [-0.39, 0.29) is 16.9 Å². The second-order valence-electron chi connectivity index (χ2n) is 3.32. The third kappa shape index (κ3) is 2.52.